The van der Waals surface area contributed by atoms with E-state index in [0.29, 0.717) is 11.6 Å². The normalized spacial score (nSPS) is 15.1. The topological polar surface area (TPSA) is 50.2 Å². The molecule has 0 unspecified atom stereocenters. The van der Waals surface area contributed by atoms with Crippen molar-refractivity contribution in [2.45, 2.75) is 18.4 Å². The highest BCUT2D eigenvalue weighted by Crippen LogP contribution is 2.44. The van der Waals surface area contributed by atoms with Crippen molar-refractivity contribution in [2.24, 2.45) is 0 Å². The number of benzene rings is 2. The monoisotopic (exact) mass is 492 g/mol. The fourth-order valence-corrected chi connectivity index (χ4v) is 6.40. The first kappa shape index (κ1) is 21.8. The van der Waals surface area contributed by atoms with Crippen LogP contribution in [-0.4, -0.2) is 16.6 Å². The zero-order valence-corrected chi connectivity index (χ0v) is 20.5. The maximum atomic E-state index is 13.4. The summed E-state index contributed by atoms with van der Waals surface area (Å²) in [5.74, 6) is 0. The Morgan fingerprint density at radius 1 is 1.09 bits per heavy atom. The summed E-state index contributed by atoms with van der Waals surface area (Å²) in [4.78, 5) is 20.9. The van der Waals surface area contributed by atoms with Gasteiger partial charge in [0.1, 0.15) is 9.56 Å². The van der Waals surface area contributed by atoms with Crippen molar-refractivity contribution in [1.29, 1.82) is 0 Å². The average Bonchev–Trinajstić information content (AvgIpc) is 3.32. The van der Waals surface area contributed by atoms with Crippen molar-refractivity contribution in [3.05, 3.63) is 97.1 Å². The zero-order valence-electron chi connectivity index (χ0n) is 18.1. The molecule has 1 aliphatic rings. The molecule has 3 heterocycles. The van der Waals surface area contributed by atoms with E-state index in [1.807, 2.05) is 67.1 Å². The van der Waals surface area contributed by atoms with Crippen LogP contribution in [0.4, 0.5) is 17.1 Å². The molecule has 1 N–H and O–H groups in total. The number of thiazole rings is 1. The van der Waals surface area contributed by atoms with Gasteiger partial charge in [0.15, 0.2) is 0 Å². The molecular weight excluding hydrogens is 472 g/mol. The second-order valence-electron chi connectivity index (χ2n) is 7.46. The Morgan fingerprint density at radius 3 is 2.67 bits per heavy atom. The van der Waals surface area contributed by atoms with Gasteiger partial charge in [0.25, 0.3) is 5.56 Å². The third kappa shape index (κ3) is 4.08. The van der Waals surface area contributed by atoms with Crippen LogP contribution >= 0.6 is 34.7 Å². The van der Waals surface area contributed by atoms with E-state index in [-0.39, 0.29) is 5.56 Å². The molecule has 0 bridgehead atoms. The van der Waals surface area contributed by atoms with Crippen LogP contribution < -0.4 is 25.0 Å². The number of aromatic nitrogens is 2. The largest absolute Gasteiger partial charge is 0.353 e. The quantitative estimate of drug-likeness (QED) is 0.441. The van der Waals surface area contributed by atoms with Crippen LogP contribution in [0.2, 0.25) is 5.02 Å². The number of nitrogens with zero attached hydrogens (tertiary/aromatic N) is 3. The van der Waals surface area contributed by atoms with E-state index in [4.69, 9.17) is 11.6 Å². The highest BCUT2D eigenvalue weighted by Gasteiger charge is 2.24. The van der Waals surface area contributed by atoms with Crippen molar-refractivity contribution in [2.75, 3.05) is 17.3 Å². The van der Waals surface area contributed by atoms with Crippen molar-refractivity contribution >= 4 is 62.9 Å². The molecule has 0 aliphatic carbocycles. The lowest BCUT2D eigenvalue weighted by Gasteiger charge is -2.11. The van der Waals surface area contributed by atoms with E-state index >= 15 is 0 Å². The van der Waals surface area contributed by atoms with Crippen molar-refractivity contribution in [3.63, 3.8) is 0 Å². The summed E-state index contributed by atoms with van der Waals surface area (Å²) in [6.45, 7) is 2.59. The van der Waals surface area contributed by atoms with Gasteiger partial charge in [-0.2, -0.15) is 0 Å². The first-order valence-electron chi connectivity index (χ1n) is 10.5. The number of halogens is 1. The first-order chi connectivity index (χ1) is 16.1. The molecule has 0 atom stereocenters. The van der Waals surface area contributed by atoms with Crippen LogP contribution in [0.3, 0.4) is 0 Å². The number of fused-ring (bicyclic) bond motifs is 1. The van der Waals surface area contributed by atoms with Gasteiger partial charge in [0.2, 0.25) is 0 Å². The molecule has 2 aromatic carbocycles. The summed E-state index contributed by atoms with van der Waals surface area (Å²) in [5.41, 5.74) is 3.72. The van der Waals surface area contributed by atoms with E-state index in [9.17, 15) is 4.79 Å². The number of pyridine rings is 1. The number of para-hydroxylation sites is 2. The lowest BCUT2D eigenvalue weighted by Crippen LogP contribution is -2.33. The van der Waals surface area contributed by atoms with Crippen LogP contribution in [0, 0.1) is 0 Å². The summed E-state index contributed by atoms with van der Waals surface area (Å²) in [7, 11) is 2.02. The molecule has 0 amide bonds. The number of hydrogen-bond donors (Lipinski definition) is 1. The molecule has 166 valence electrons. The van der Waals surface area contributed by atoms with Gasteiger partial charge in [0.05, 0.1) is 32.9 Å². The van der Waals surface area contributed by atoms with E-state index in [0.717, 1.165) is 41.7 Å². The van der Waals surface area contributed by atoms with Crippen molar-refractivity contribution in [3.8, 4) is 0 Å². The summed E-state index contributed by atoms with van der Waals surface area (Å²) >= 11 is 9.50. The lowest BCUT2D eigenvalue weighted by molar-refractivity contribution is 0.722. The molecule has 0 fully saturated rings. The van der Waals surface area contributed by atoms with Crippen LogP contribution in [0.25, 0.3) is 11.1 Å². The molecular formula is C25H21ClN4OS2. The molecule has 0 spiro atoms. The Kier molecular flexibility index (Phi) is 6.01. The standard InChI is InChI=1S/C25H21ClN4OS2/c1-3-30-22(14-16-12-13-27-15-19(16)28-18-9-5-4-8-17(18)26)33-23(24(30)31)25-29(2)20-10-6-7-11-21(20)32-25/h4-15,28H,3H2,1-2H3/b22-14-,25-23+. The van der Waals surface area contributed by atoms with Gasteiger partial charge in [0, 0.05) is 30.2 Å². The Hall–Kier alpha value is -3.00. The molecule has 4 aromatic rings. The predicted molar refractivity (Wildman–Crippen MR) is 140 cm³/mol. The fraction of sp³-hybridized carbons (Fsp3) is 0.120. The van der Waals surface area contributed by atoms with Gasteiger partial charge in [-0.3, -0.25) is 14.3 Å². The lowest BCUT2D eigenvalue weighted by atomic mass is 10.2. The van der Waals surface area contributed by atoms with E-state index < -0.39 is 0 Å². The van der Waals surface area contributed by atoms with E-state index in [2.05, 4.69) is 27.3 Å². The number of anilines is 3. The van der Waals surface area contributed by atoms with Gasteiger partial charge < -0.3 is 10.2 Å². The highest BCUT2D eigenvalue weighted by atomic mass is 35.5. The molecule has 8 heteroatoms. The summed E-state index contributed by atoms with van der Waals surface area (Å²) in [6.07, 6.45) is 5.55. The minimum Gasteiger partial charge on any atom is -0.353 e. The Labute approximate surface area is 204 Å². The molecule has 5 nitrogen and oxygen atoms in total. The Bertz CT molecular complexity index is 1530. The van der Waals surface area contributed by atoms with Crippen molar-refractivity contribution in [1.82, 2.24) is 9.55 Å². The summed E-state index contributed by atoms with van der Waals surface area (Å²) < 4.78 is 3.47. The van der Waals surface area contributed by atoms with Gasteiger partial charge in [-0.15, -0.1) is 11.3 Å². The minimum absolute atomic E-state index is 0.0329. The highest BCUT2D eigenvalue weighted by molar-refractivity contribution is 8.08. The second kappa shape index (κ2) is 9.09. The van der Waals surface area contributed by atoms with Gasteiger partial charge in [-0.05, 0) is 43.3 Å². The minimum atomic E-state index is 0.0329. The number of rotatable bonds is 4. The van der Waals surface area contributed by atoms with Crippen LogP contribution in [0.1, 0.15) is 12.5 Å². The van der Waals surface area contributed by atoms with Gasteiger partial charge >= 0.3 is 0 Å². The Balaban J connectivity index is 1.64. The SMILES string of the molecule is CCn1c(=O)/c(=C2\Sc3ccccc3N2C)s/c1=C\c1ccncc1Nc1ccccc1Cl. The number of thioether (sulfide) groups is 1. The smallest absolute Gasteiger partial charge is 0.271 e. The van der Waals surface area contributed by atoms with Gasteiger partial charge in [-0.1, -0.05) is 47.6 Å². The molecule has 2 aromatic heterocycles. The second-order valence-corrected chi connectivity index (χ2v) is 9.93. The summed E-state index contributed by atoms with van der Waals surface area (Å²) in [5, 5.41) is 4.97. The third-order valence-corrected chi connectivity index (χ3v) is 8.25. The fourth-order valence-electron chi connectivity index (χ4n) is 3.75. The first-order valence-corrected chi connectivity index (χ1v) is 12.5. The maximum absolute atomic E-state index is 13.4. The molecule has 0 radical (unpaired) electrons. The van der Waals surface area contributed by atoms with Gasteiger partial charge in [-0.25, -0.2) is 0 Å². The molecule has 1 aliphatic heterocycles. The summed E-state index contributed by atoms with van der Waals surface area (Å²) in [6, 6.07) is 17.7. The van der Waals surface area contributed by atoms with E-state index in [1.165, 1.54) is 11.3 Å². The predicted octanol–water partition coefficient (Wildman–Crippen LogP) is 4.86. The van der Waals surface area contributed by atoms with E-state index in [1.54, 1.807) is 24.2 Å². The number of nitrogens with one attached hydrogen (secondary N) is 1. The Morgan fingerprint density at radius 2 is 1.88 bits per heavy atom. The zero-order chi connectivity index (χ0) is 22.9. The third-order valence-electron chi connectivity index (χ3n) is 5.44. The molecule has 33 heavy (non-hydrogen) atoms. The maximum Gasteiger partial charge on any atom is 0.271 e. The number of hydrogen-bond acceptors (Lipinski definition) is 6. The molecule has 0 saturated carbocycles. The van der Waals surface area contributed by atoms with Crippen LogP contribution in [-0.2, 0) is 6.54 Å². The van der Waals surface area contributed by atoms with Crippen LogP contribution in [0.5, 0.6) is 0 Å². The molecule has 5 rings (SSSR count). The molecule has 0 saturated heterocycles. The van der Waals surface area contributed by atoms with Crippen molar-refractivity contribution < 1.29 is 0 Å². The average molecular weight is 493 g/mol. The van der Waals surface area contributed by atoms with Crippen LogP contribution in [0.15, 0.2) is 76.7 Å².